The Labute approximate surface area is 153 Å². The van der Waals surface area contributed by atoms with Crippen LogP contribution in [0.5, 0.6) is 5.75 Å². The molecule has 0 unspecified atom stereocenters. The Morgan fingerprint density at radius 3 is 2.63 bits per heavy atom. The normalized spacial score (nSPS) is 10.4. The summed E-state index contributed by atoms with van der Waals surface area (Å²) in [6.45, 7) is 1.71. The molecular formula is C17H15FN6O3. The lowest BCUT2D eigenvalue weighted by Crippen LogP contribution is -2.10. The smallest absolute Gasteiger partial charge is 0.311 e. The third-order valence-corrected chi connectivity index (χ3v) is 3.48. The van der Waals surface area contributed by atoms with Crippen molar-refractivity contribution < 1.29 is 14.1 Å². The first kappa shape index (κ1) is 18.0. The number of nitrogens with one attached hydrogen (secondary N) is 1. The van der Waals surface area contributed by atoms with Crippen molar-refractivity contribution in [3.63, 3.8) is 0 Å². The van der Waals surface area contributed by atoms with E-state index < -0.39 is 10.7 Å². The topological polar surface area (TPSA) is 129 Å². The van der Waals surface area contributed by atoms with E-state index in [1.54, 1.807) is 0 Å². The highest BCUT2D eigenvalue weighted by molar-refractivity contribution is 5.54. The van der Waals surface area contributed by atoms with E-state index in [-0.39, 0.29) is 35.8 Å². The van der Waals surface area contributed by atoms with Crippen LogP contribution in [0, 0.1) is 22.9 Å². The molecule has 3 rings (SSSR count). The van der Waals surface area contributed by atoms with Crippen molar-refractivity contribution >= 4 is 23.3 Å². The standard InChI is InChI=1S/C17H15FN6O3/c1-10-2-5-12(6-3-10)20-17-22-15(21-16(19)23-17)9-27-14-8-11(18)4-7-13(14)24(25)26/h2-8H,9H2,1H3,(H3,19,20,21,22,23). The van der Waals surface area contributed by atoms with Crippen LogP contribution in [0.25, 0.3) is 0 Å². The molecule has 1 aromatic heterocycles. The highest BCUT2D eigenvalue weighted by Crippen LogP contribution is 2.28. The number of hydrogen-bond acceptors (Lipinski definition) is 8. The van der Waals surface area contributed by atoms with E-state index in [9.17, 15) is 14.5 Å². The lowest BCUT2D eigenvalue weighted by molar-refractivity contribution is -0.386. The van der Waals surface area contributed by atoms with Gasteiger partial charge in [0, 0.05) is 17.8 Å². The zero-order chi connectivity index (χ0) is 19.4. The van der Waals surface area contributed by atoms with Crippen LogP contribution in [0.15, 0.2) is 42.5 Å². The number of nitrogens with two attached hydrogens (primary N) is 1. The molecule has 0 bridgehead atoms. The second kappa shape index (κ2) is 7.60. The minimum absolute atomic E-state index is 0.0491. The number of ether oxygens (including phenoxy) is 1. The van der Waals surface area contributed by atoms with Crippen molar-refractivity contribution in [2.24, 2.45) is 0 Å². The van der Waals surface area contributed by atoms with Crippen molar-refractivity contribution in [1.29, 1.82) is 0 Å². The van der Waals surface area contributed by atoms with E-state index in [1.165, 1.54) is 0 Å². The predicted molar refractivity (Wildman–Crippen MR) is 96.1 cm³/mol. The molecule has 27 heavy (non-hydrogen) atoms. The maximum absolute atomic E-state index is 13.4. The summed E-state index contributed by atoms with van der Waals surface area (Å²) in [6, 6.07) is 10.5. The van der Waals surface area contributed by atoms with Gasteiger partial charge >= 0.3 is 5.69 Å². The van der Waals surface area contributed by atoms with Crippen molar-refractivity contribution in [2.75, 3.05) is 11.1 Å². The van der Waals surface area contributed by atoms with E-state index >= 15 is 0 Å². The number of aryl methyl sites for hydroxylation is 1. The molecule has 0 saturated heterocycles. The average molecular weight is 370 g/mol. The summed E-state index contributed by atoms with van der Waals surface area (Å²) < 4.78 is 18.7. The molecule has 2 aromatic carbocycles. The fourth-order valence-corrected chi connectivity index (χ4v) is 2.22. The highest BCUT2D eigenvalue weighted by Gasteiger charge is 2.17. The number of nitrogens with zero attached hydrogens (tertiary/aromatic N) is 4. The number of nitro benzene ring substituents is 1. The SMILES string of the molecule is Cc1ccc(Nc2nc(N)nc(COc3cc(F)ccc3[N+](=O)[O-])n2)cc1. The molecule has 9 nitrogen and oxygen atoms in total. The van der Waals surface area contributed by atoms with Gasteiger partial charge in [0.05, 0.1) is 4.92 Å². The number of nitro groups is 1. The number of anilines is 3. The Balaban J connectivity index is 1.78. The van der Waals surface area contributed by atoms with Gasteiger partial charge in [-0.1, -0.05) is 17.7 Å². The molecule has 0 fully saturated rings. The van der Waals surface area contributed by atoms with Crippen molar-refractivity contribution in [2.45, 2.75) is 13.5 Å². The Hall–Kier alpha value is -3.82. The number of rotatable bonds is 6. The number of hydrogen-bond donors (Lipinski definition) is 2. The molecule has 0 aliphatic heterocycles. The molecule has 3 aromatic rings. The van der Waals surface area contributed by atoms with Crippen LogP contribution < -0.4 is 15.8 Å². The highest BCUT2D eigenvalue weighted by atomic mass is 19.1. The Morgan fingerprint density at radius 1 is 1.19 bits per heavy atom. The number of halogens is 1. The van der Waals surface area contributed by atoms with Crippen molar-refractivity contribution in [3.05, 3.63) is 69.8 Å². The number of nitrogen functional groups attached to an aromatic ring is 1. The maximum Gasteiger partial charge on any atom is 0.311 e. The van der Waals surface area contributed by atoms with Crippen molar-refractivity contribution in [1.82, 2.24) is 15.0 Å². The van der Waals surface area contributed by atoms with Gasteiger partial charge in [-0.2, -0.15) is 15.0 Å². The molecule has 1 heterocycles. The molecule has 3 N–H and O–H groups in total. The quantitative estimate of drug-likeness (QED) is 0.500. The van der Waals surface area contributed by atoms with E-state index in [4.69, 9.17) is 10.5 Å². The first-order chi connectivity index (χ1) is 12.9. The number of aromatic nitrogens is 3. The van der Waals surface area contributed by atoms with Gasteiger partial charge in [0.1, 0.15) is 12.4 Å². The van der Waals surface area contributed by atoms with Crippen LogP contribution >= 0.6 is 0 Å². The zero-order valence-corrected chi connectivity index (χ0v) is 14.2. The lowest BCUT2D eigenvalue weighted by Gasteiger charge is -2.09. The van der Waals surface area contributed by atoms with Crippen LogP contribution in [0.3, 0.4) is 0 Å². The molecule has 0 amide bonds. The zero-order valence-electron chi connectivity index (χ0n) is 14.2. The van der Waals surface area contributed by atoms with Gasteiger partial charge in [0.15, 0.2) is 11.6 Å². The van der Waals surface area contributed by atoms with Crippen LogP contribution in [-0.2, 0) is 6.61 Å². The second-order valence-electron chi connectivity index (χ2n) is 5.58. The van der Waals surface area contributed by atoms with Gasteiger partial charge in [-0.15, -0.1) is 0 Å². The minimum atomic E-state index is -0.666. The molecule has 0 aliphatic rings. The van der Waals surface area contributed by atoms with E-state index in [1.807, 2.05) is 31.2 Å². The Morgan fingerprint density at radius 2 is 1.93 bits per heavy atom. The van der Waals surface area contributed by atoms with E-state index in [2.05, 4.69) is 20.3 Å². The molecule has 0 spiro atoms. The third kappa shape index (κ3) is 4.63. The second-order valence-corrected chi connectivity index (χ2v) is 5.58. The molecule has 0 aliphatic carbocycles. The monoisotopic (exact) mass is 370 g/mol. The third-order valence-electron chi connectivity index (χ3n) is 3.48. The fourth-order valence-electron chi connectivity index (χ4n) is 2.22. The predicted octanol–water partition coefficient (Wildman–Crippen LogP) is 3.13. The summed E-state index contributed by atoms with van der Waals surface area (Å²) in [7, 11) is 0. The first-order valence-electron chi connectivity index (χ1n) is 7.81. The summed E-state index contributed by atoms with van der Waals surface area (Å²) in [5, 5.41) is 14.0. The molecule has 0 radical (unpaired) electrons. The molecule has 138 valence electrons. The van der Waals surface area contributed by atoms with Gasteiger partial charge in [-0.25, -0.2) is 4.39 Å². The Kier molecular flexibility index (Phi) is 5.06. The first-order valence-corrected chi connectivity index (χ1v) is 7.81. The van der Waals surface area contributed by atoms with E-state index in [0.717, 1.165) is 29.4 Å². The van der Waals surface area contributed by atoms with Gasteiger partial charge in [-0.05, 0) is 25.1 Å². The van der Waals surface area contributed by atoms with Gasteiger partial charge in [0.2, 0.25) is 11.9 Å². The maximum atomic E-state index is 13.4. The van der Waals surface area contributed by atoms with Crippen LogP contribution in [0.1, 0.15) is 11.4 Å². The van der Waals surface area contributed by atoms with Gasteiger partial charge in [0.25, 0.3) is 0 Å². The summed E-state index contributed by atoms with van der Waals surface area (Å²) in [6.07, 6.45) is 0. The largest absolute Gasteiger partial charge is 0.478 e. The molecular weight excluding hydrogens is 355 g/mol. The molecule has 0 atom stereocenters. The van der Waals surface area contributed by atoms with Gasteiger partial charge < -0.3 is 15.8 Å². The average Bonchev–Trinajstić information content (AvgIpc) is 2.61. The van der Waals surface area contributed by atoms with Crippen LogP contribution in [0.2, 0.25) is 0 Å². The Bertz CT molecular complexity index is 981. The molecule has 10 heteroatoms. The van der Waals surface area contributed by atoms with E-state index in [0.29, 0.717) is 0 Å². The summed E-state index contributed by atoms with van der Waals surface area (Å²) in [5.41, 5.74) is 7.17. The number of benzene rings is 2. The summed E-state index contributed by atoms with van der Waals surface area (Å²) in [4.78, 5) is 22.4. The van der Waals surface area contributed by atoms with Crippen LogP contribution in [0.4, 0.5) is 27.7 Å². The summed E-state index contributed by atoms with van der Waals surface area (Å²) >= 11 is 0. The fraction of sp³-hybridized carbons (Fsp3) is 0.118. The minimum Gasteiger partial charge on any atom is -0.478 e. The lowest BCUT2D eigenvalue weighted by atomic mass is 10.2. The summed E-state index contributed by atoms with van der Waals surface area (Å²) in [5.74, 6) is -0.610. The van der Waals surface area contributed by atoms with Crippen molar-refractivity contribution in [3.8, 4) is 5.75 Å². The molecule has 0 saturated carbocycles. The van der Waals surface area contributed by atoms with Crippen LogP contribution in [-0.4, -0.2) is 19.9 Å². The van der Waals surface area contributed by atoms with Gasteiger partial charge in [-0.3, -0.25) is 10.1 Å².